The van der Waals surface area contributed by atoms with Gasteiger partial charge in [-0.1, -0.05) is 6.58 Å². The van der Waals surface area contributed by atoms with E-state index < -0.39 is 67.1 Å². The zero-order valence-electron chi connectivity index (χ0n) is 17.8. The molecule has 1 N–H and O–H groups in total. The van der Waals surface area contributed by atoms with E-state index in [2.05, 4.69) is 6.58 Å². The summed E-state index contributed by atoms with van der Waals surface area (Å²) >= 11 is 0. The van der Waals surface area contributed by atoms with Crippen molar-refractivity contribution in [3.8, 4) is 0 Å². The number of aliphatic hydroxyl groups excluding tert-OH is 1. The zero-order valence-corrected chi connectivity index (χ0v) is 17.8. The quantitative estimate of drug-likeness (QED) is 0.220. The van der Waals surface area contributed by atoms with E-state index in [-0.39, 0.29) is 41.5 Å². The highest BCUT2D eigenvalue weighted by Gasteiger charge is 2.71. The first-order valence-corrected chi connectivity index (χ1v) is 11.2. The lowest BCUT2D eigenvalue weighted by atomic mass is 9.78. The number of hydrogen-bond acceptors (Lipinski definition) is 11. The molecule has 4 aliphatic heterocycles. The minimum atomic E-state index is -1.36. The van der Waals surface area contributed by atoms with Crippen LogP contribution in [0.5, 0.6) is 0 Å². The Balaban J connectivity index is 1.14. The summed E-state index contributed by atoms with van der Waals surface area (Å²) < 4.78 is 33.0. The van der Waals surface area contributed by atoms with E-state index in [4.69, 9.17) is 28.4 Å². The van der Waals surface area contributed by atoms with Gasteiger partial charge in [0.25, 0.3) is 0 Å². The first kappa shape index (κ1) is 21.1. The molecule has 11 nitrogen and oxygen atoms in total. The van der Waals surface area contributed by atoms with Crippen LogP contribution in [0.25, 0.3) is 0 Å². The van der Waals surface area contributed by atoms with E-state index in [1.165, 1.54) is 6.92 Å². The molecule has 6 rings (SSSR count). The van der Waals surface area contributed by atoms with Crippen molar-refractivity contribution in [1.82, 2.24) is 0 Å². The summed E-state index contributed by atoms with van der Waals surface area (Å²) in [5, 5.41) is 11.0. The Kier molecular flexibility index (Phi) is 4.63. The van der Waals surface area contributed by atoms with Gasteiger partial charge < -0.3 is 33.5 Å². The number of ether oxygens (including phenoxy) is 6. The maximum Gasteiger partial charge on any atom is 0.344 e. The van der Waals surface area contributed by atoms with Crippen LogP contribution in [-0.2, 0) is 47.6 Å². The second-order valence-electron chi connectivity index (χ2n) is 9.75. The van der Waals surface area contributed by atoms with E-state index >= 15 is 0 Å². The van der Waals surface area contributed by atoms with E-state index in [0.29, 0.717) is 12.8 Å². The maximum absolute atomic E-state index is 12.6. The molecule has 12 unspecified atom stereocenters. The summed E-state index contributed by atoms with van der Waals surface area (Å²) in [4.78, 5) is 48.3. The normalized spacial score (nSPS) is 46.3. The monoisotopic (exact) mass is 464 g/mol. The summed E-state index contributed by atoms with van der Waals surface area (Å²) in [5.41, 5.74) is 0.152. The number of fused-ring (bicyclic) bond motifs is 2. The third-order valence-electron chi connectivity index (χ3n) is 7.95. The third-order valence-corrected chi connectivity index (χ3v) is 7.95. The molecule has 2 aliphatic carbocycles. The fourth-order valence-electron chi connectivity index (χ4n) is 6.68. The minimum Gasteiger partial charge on any atom is -0.458 e. The van der Waals surface area contributed by atoms with Gasteiger partial charge in [0.05, 0.1) is 17.9 Å². The van der Waals surface area contributed by atoms with Gasteiger partial charge in [-0.3, -0.25) is 9.59 Å². The molecule has 178 valence electrons. The lowest BCUT2D eigenvalue weighted by Crippen LogP contribution is -2.48. The molecule has 4 bridgehead atoms. The fourth-order valence-corrected chi connectivity index (χ4v) is 6.68. The first-order chi connectivity index (χ1) is 15.7. The molecule has 6 aliphatic rings. The van der Waals surface area contributed by atoms with Crippen LogP contribution in [0.3, 0.4) is 0 Å². The fraction of sp³-hybridized carbons (Fsp3) is 0.727. The van der Waals surface area contributed by atoms with Gasteiger partial charge in [0.1, 0.15) is 24.4 Å². The lowest BCUT2D eigenvalue weighted by molar-refractivity contribution is -0.214. The Morgan fingerprint density at radius 3 is 2.61 bits per heavy atom. The van der Waals surface area contributed by atoms with E-state index in [0.717, 1.165) is 0 Å². The average molecular weight is 464 g/mol. The molecule has 0 spiro atoms. The van der Waals surface area contributed by atoms with Crippen molar-refractivity contribution in [2.24, 2.45) is 29.6 Å². The molecule has 4 heterocycles. The Labute approximate surface area is 188 Å². The third kappa shape index (κ3) is 2.98. The SMILES string of the molecule is C=C(C)C(=O)OCC(=O)OC1C2CC3C1OC(=O)C3C2C(O)OC1C2CC3C(=O)OC1C3O2. The predicted molar refractivity (Wildman–Crippen MR) is 102 cm³/mol. The molecule has 11 heteroatoms. The summed E-state index contributed by atoms with van der Waals surface area (Å²) in [5.74, 6) is -4.32. The van der Waals surface area contributed by atoms with Crippen LogP contribution < -0.4 is 0 Å². The van der Waals surface area contributed by atoms with Crippen molar-refractivity contribution in [1.29, 1.82) is 0 Å². The number of aliphatic hydroxyl groups is 1. The van der Waals surface area contributed by atoms with Gasteiger partial charge in [-0.2, -0.15) is 0 Å². The first-order valence-electron chi connectivity index (χ1n) is 11.2. The summed E-state index contributed by atoms with van der Waals surface area (Å²) in [6.07, 6.45) is -3.64. The second kappa shape index (κ2) is 7.25. The van der Waals surface area contributed by atoms with Crippen LogP contribution in [-0.4, -0.2) is 78.5 Å². The van der Waals surface area contributed by atoms with Crippen LogP contribution in [0.4, 0.5) is 0 Å². The Hall–Kier alpha value is -2.50. The minimum absolute atomic E-state index is 0.152. The highest BCUT2D eigenvalue weighted by molar-refractivity contribution is 5.88. The smallest absolute Gasteiger partial charge is 0.344 e. The molecule has 2 saturated carbocycles. The standard InChI is InChI=1S/C22H24O11/c1-6(2)19(24)28-5-11(23)30-14-7-3-8-13(21(26)31-15(8)14)12(7)22(27)32-17-10-4-9-16(29-10)18(17)33-20(9)25/h7-10,12-18,22,27H,1,3-5H2,2H3. The van der Waals surface area contributed by atoms with Crippen LogP contribution >= 0.6 is 0 Å². The Morgan fingerprint density at radius 1 is 1.09 bits per heavy atom. The van der Waals surface area contributed by atoms with Crippen LogP contribution in [0.2, 0.25) is 0 Å². The largest absolute Gasteiger partial charge is 0.458 e. The number of esters is 4. The molecule has 33 heavy (non-hydrogen) atoms. The van der Waals surface area contributed by atoms with Crippen LogP contribution in [0, 0.1) is 29.6 Å². The van der Waals surface area contributed by atoms with Crippen molar-refractivity contribution >= 4 is 23.9 Å². The molecule has 4 saturated heterocycles. The van der Waals surface area contributed by atoms with Crippen LogP contribution in [0.1, 0.15) is 19.8 Å². The van der Waals surface area contributed by atoms with Crippen molar-refractivity contribution in [2.45, 2.75) is 62.7 Å². The molecule has 6 fully saturated rings. The molecule has 0 aromatic carbocycles. The topological polar surface area (TPSA) is 144 Å². The van der Waals surface area contributed by atoms with Crippen molar-refractivity contribution in [2.75, 3.05) is 6.61 Å². The number of hydrogen-bond donors (Lipinski definition) is 1. The predicted octanol–water partition coefficient (Wildman–Crippen LogP) is -0.759. The molecular formula is C22H24O11. The zero-order chi connectivity index (χ0) is 23.2. The molecule has 0 aromatic heterocycles. The van der Waals surface area contributed by atoms with Gasteiger partial charge in [-0.05, 0) is 19.8 Å². The van der Waals surface area contributed by atoms with Gasteiger partial charge in [-0.25, -0.2) is 9.59 Å². The summed E-state index contributed by atoms with van der Waals surface area (Å²) in [6, 6.07) is 0. The van der Waals surface area contributed by atoms with Crippen molar-refractivity contribution < 1.29 is 52.7 Å². The van der Waals surface area contributed by atoms with Gasteiger partial charge in [0, 0.05) is 23.3 Å². The molecule has 0 aromatic rings. The number of carbonyl (C=O) groups excluding carboxylic acids is 4. The lowest BCUT2D eigenvalue weighted by Gasteiger charge is -2.35. The van der Waals surface area contributed by atoms with Crippen molar-refractivity contribution in [3.63, 3.8) is 0 Å². The summed E-state index contributed by atoms with van der Waals surface area (Å²) in [7, 11) is 0. The van der Waals surface area contributed by atoms with Gasteiger partial charge in [0.15, 0.2) is 19.0 Å². The van der Waals surface area contributed by atoms with E-state index in [1.54, 1.807) is 0 Å². The van der Waals surface area contributed by atoms with Gasteiger partial charge in [0.2, 0.25) is 0 Å². The average Bonchev–Trinajstić information content (AvgIpc) is 3.55. The maximum atomic E-state index is 12.6. The van der Waals surface area contributed by atoms with E-state index in [9.17, 15) is 24.3 Å². The Morgan fingerprint density at radius 2 is 1.85 bits per heavy atom. The summed E-state index contributed by atoms with van der Waals surface area (Å²) in [6.45, 7) is 4.31. The number of rotatable bonds is 7. The molecule has 0 radical (unpaired) electrons. The van der Waals surface area contributed by atoms with Crippen molar-refractivity contribution in [3.05, 3.63) is 12.2 Å². The highest BCUT2D eigenvalue weighted by Crippen LogP contribution is 2.60. The highest BCUT2D eigenvalue weighted by atomic mass is 16.7. The van der Waals surface area contributed by atoms with Gasteiger partial charge >= 0.3 is 23.9 Å². The molecule has 12 atom stereocenters. The van der Waals surface area contributed by atoms with Crippen LogP contribution in [0.15, 0.2) is 12.2 Å². The molecule has 0 amide bonds. The number of carbonyl (C=O) groups is 4. The Bertz CT molecular complexity index is 945. The second-order valence-corrected chi connectivity index (χ2v) is 9.75. The van der Waals surface area contributed by atoms with Gasteiger partial charge in [-0.15, -0.1) is 0 Å². The molecular weight excluding hydrogens is 440 g/mol. The van der Waals surface area contributed by atoms with E-state index in [1.807, 2.05) is 0 Å².